The lowest BCUT2D eigenvalue weighted by molar-refractivity contribution is -0.0950. The molecule has 0 aliphatic heterocycles. The Morgan fingerprint density at radius 2 is 1.56 bits per heavy atom. The number of rotatable bonds is 5. The van der Waals surface area contributed by atoms with Crippen LogP contribution < -0.4 is 0 Å². The second-order valence-electron chi connectivity index (χ2n) is 13.3. The molecule has 0 unspecified atom stereocenters. The van der Waals surface area contributed by atoms with Crippen LogP contribution in [0.3, 0.4) is 0 Å². The van der Waals surface area contributed by atoms with Gasteiger partial charge in [-0.1, -0.05) is 72.3 Å². The van der Waals surface area contributed by atoms with Crippen LogP contribution in [-0.4, -0.2) is 22.4 Å². The van der Waals surface area contributed by atoms with E-state index in [2.05, 4.69) is 66.7 Å². The monoisotopic (exact) mass is 442 g/mol. The van der Waals surface area contributed by atoms with E-state index >= 15 is 0 Å². The lowest BCUT2D eigenvalue weighted by Gasteiger charge is -2.59. The SMILES string of the molecule is CC(C)C(/C=C/[C@@H](C)[C@H]1CC[C@H]2[C@@H]3[C@H](O)C=C4C[C@@H](O)CC[C@]4(C)[C@H]3CC[C@]12C)C(C)C. The van der Waals surface area contributed by atoms with Gasteiger partial charge in [0.1, 0.15) is 0 Å². The maximum atomic E-state index is 11.4. The Bertz CT molecular complexity index is 727. The third-order valence-electron chi connectivity index (χ3n) is 11.0. The quantitative estimate of drug-likeness (QED) is 0.449. The standard InChI is InChI=1S/C30H50O2/c1-18(2)23(19(3)4)9-8-20(5)24-10-11-25-28-26(13-15-30(24,25)7)29(6)14-12-22(31)16-21(29)17-27(28)32/h8-9,17-20,22-28,31-32H,10-16H2,1-7H3/b9-8+/t20-,22+,24-,25+,26+,27-,28+,29+,30-/m1/s1. The summed E-state index contributed by atoms with van der Waals surface area (Å²) in [4.78, 5) is 0. The predicted octanol–water partition coefficient (Wildman–Crippen LogP) is 7.02. The molecule has 3 saturated carbocycles. The lowest BCUT2D eigenvalue weighted by Crippen LogP contribution is -2.54. The van der Waals surface area contributed by atoms with E-state index in [9.17, 15) is 10.2 Å². The molecule has 0 radical (unpaired) electrons. The van der Waals surface area contributed by atoms with Crippen molar-refractivity contribution in [3.63, 3.8) is 0 Å². The van der Waals surface area contributed by atoms with E-state index in [0.29, 0.717) is 46.8 Å². The zero-order chi connectivity index (χ0) is 23.4. The second kappa shape index (κ2) is 8.88. The molecule has 182 valence electrons. The van der Waals surface area contributed by atoms with Crippen molar-refractivity contribution < 1.29 is 10.2 Å². The smallest absolute Gasteiger partial charge is 0.0757 e. The number of fused-ring (bicyclic) bond motifs is 5. The van der Waals surface area contributed by atoms with Crippen LogP contribution in [-0.2, 0) is 0 Å². The number of allylic oxidation sites excluding steroid dienone is 2. The first kappa shape index (κ1) is 24.5. The van der Waals surface area contributed by atoms with Crippen LogP contribution in [0.15, 0.2) is 23.8 Å². The molecule has 0 heterocycles. The number of hydrogen-bond donors (Lipinski definition) is 2. The first-order chi connectivity index (χ1) is 15.0. The van der Waals surface area contributed by atoms with Gasteiger partial charge in [-0.15, -0.1) is 0 Å². The molecule has 4 aliphatic rings. The Hall–Kier alpha value is -0.600. The molecular formula is C30H50O2. The van der Waals surface area contributed by atoms with Gasteiger partial charge in [-0.25, -0.2) is 0 Å². The summed E-state index contributed by atoms with van der Waals surface area (Å²) in [7, 11) is 0. The molecule has 9 atom stereocenters. The normalized spacial score (nSPS) is 45.2. The molecule has 0 spiro atoms. The van der Waals surface area contributed by atoms with E-state index in [1.165, 1.54) is 31.3 Å². The van der Waals surface area contributed by atoms with Crippen LogP contribution in [0, 0.1) is 58.2 Å². The molecule has 0 aromatic carbocycles. The van der Waals surface area contributed by atoms with Crippen LogP contribution in [0.4, 0.5) is 0 Å². The molecule has 0 aromatic rings. The van der Waals surface area contributed by atoms with Crippen LogP contribution in [0.25, 0.3) is 0 Å². The Balaban J connectivity index is 1.56. The lowest BCUT2D eigenvalue weighted by atomic mass is 9.46. The van der Waals surface area contributed by atoms with Gasteiger partial charge < -0.3 is 10.2 Å². The van der Waals surface area contributed by atoms with Crippen molar-refractivity contribution in [2.45, 2.75) is 106 Å². The first-order valence-corrected chi connectivity index (χ1v) is 13.7. The van der Waals surface area contributed by atoms with E-state index < -0.39 is 0 Å². The number of aliphatic hydroxyl groups is 2. The van der Waals surface area contributed by atoms with Crippen molar-refractivity contribution in [2.24, 2.45) is 58.2 Å². The second-order valence-corrected chi connectivity index (χ2v) is 13.3. The highest BCUT2D eigenvalue weighted by Gasteiger charge is 2.61. The zero-order valence-electron chi connectivity index (χ0n) is 21.8. The van der Waals surface area contributed by atoms with E-state index in [1.54, 1.807) is 0 Å². The van der Waals surface area contributed by atoms with Crippen LogP contribution in [0.5, 0.6) is 0 Å². The van der Waals surface area contributed by atoms with Gasteiger partial charge in [0.05, 0.1) is 12.2 Å². The van der Waals surface area contributed by atoms with Gasteiger partial charge in [0.2, 0.25) is 0 Å². The average Bonchev–Trinajstić information content (AvgIpc) is 3.06. The number of aliphatic hydroxyl groups excluding tert-OH is 2. The molecule has 0 aromatic heterocycles. The first-order valence-electron chi connectivity index (χ1n) is 13.7. The number of hydrogen-bond acceptors (Lipinski definition) is 2. The van der Waals surface area contributed by atoms with Gasteiger partial charge in [-0.3, -0.25) is 0 Å². The van der Waals surface area contributed by atoms with Gasteiger partial charge in [0.15, 0.2) is 0 Å². The minimum Gasteiger partial charge on any atom is -0.393 e. The molecule has 3 fully saturated rings. The molecular weight excluding hydrogens is 392 g/mol. The topological polar surface area (TPSA) is 40.5 Å². The predicted molar refractivity (Wildman–Crippen MR) is 134 cm³/mol. The van der Waals surface area contributed by atoms with Crippen LogP contribution >= 0.6 is 0 Å². The fraction of sp³-hybridized carbons (Fsp3) is 0.867. The van der Waals surface area contributed by atoms with Gasteiger partial charge in [0, 0.05) is 0 Å². The van der Waals surface area contributed by atoms with E-state index in [1.807, 2.05) is 0 Å². The van der Waals surface area contributed by atoms with E-state index in [-0.39, 0.29) is 17.6 Å². The molecule has 2 N–H and O–H groups in total. The molecule has 0 amide bonds. The fourth-order valence-corrected chi connectivity index (χ4v) is 9.19. The van der Waals surface area contributed by atoms with Gasteiger partial charge in [-0.2, -0.15) is 0 Å². The van der Waals surface area contributed by atoms with Crippen molar-refractivity contribution >= 4 is 0 Å². The van der Waals surface area contributed by atoms with Gasteiger partial charge in [-0.05, 0) is 103 Å². The summed E-state index contributed by atoms with van der Waals surface area (Å²) in [6.07, 6.45) is 14.6. The Morgan fingerprint density at radius 1 is 0.875 bits per heavy atom. The van der Waals surface area contributed by atoms with Crippen LogP contribution in [0.1, 0.15) is 93.4 Å². The summed E-state index contributed by atoms with van der Waals surface area (Å²) in [5, 5.41) is 21.6. The summed E-state index contributed by atoms with van der Waals surface area (Å²) >= 11 is 0. The fourth-order valence-electron chi connectivity index (χ4n) is 9.19. The third-order valence-corrected chi connectivity index (χ3v) is 11.0. The average molecular weight is 443 g/mol. The Morgan fingerprint density at radius 3 is 2.22 bits per heavy atom. The van der Waals surface area contributed by atoms with Crippen molar-refractivity contribution in [3.8, 4) is 0 Å². The maximum absolute atomic E-state index is 11.4. The van der Waals surface area contributed by atoms with Crippen molar-refractivity contribution in [1.82, 2.24) is 0 Å². The molecule has 0 saturated heterocycles. The Labute approximate surface area is 198 Å². The van der Waals surface area contributed by atoms with Gasteiger partial charge in [0.25, 0.3) is 0 Å². The summed E-state index contributed by atoms with van der Waals surface area (Å²) in [6.45, 7) is 16.9. The third kappa shape index (κ3) is 3.96. The molecule has 0 bridgehead atoms. The molecule has 32 heavy (non-hydrogen) atoms. The van der Waals surface area contributed by atoms with E-state index in [4.69, 9.17) is 0 Å². The summed E-state index contributed by atoms with van der Waals surface area (Å²) in [5.74, 6) is 4.98. The maximum Gasteiger partial charge on any atom is 0.0757 e. The van der Waals surface area contributed by atoms with Crippen molar-refractivity contribution in [3.05, 3.63) is 23.8 Å². The molecule has 4 aliphatic carbocycles. The van der Waals surface area contributed by atoms with Crippen molar-refractivity contribution in [2.75, 3.05) is 0 Å². The van der Waals surface area contributed by atoms with E-state index in [0.717, 1.165) is 25.2 Å². The minimum absolute atomic E-state index is 0.190. The molecule has 2 heteroatoms. The highest BCUT2D eigenvalue weighted by molar-refractivity contribution is 5.28. The minimum atomic E-state index is -0.325. The highest BCUT2D eigenvalue weighted by atomic mass is 16.3. The highest BCUT2D eigenvalue weighted by Crippen LogP contribution is 2.67. The molecule has 2 nitrogen and oxygen atoms in total. The summed E-state index contributed by atoms with van der Waals surface area (Å²) in [5.41, 5.74) is 1.89. The molecule has 4 rings (SSSR count). The zero-order valence-corrected chi connectivity index (χ0v) is 21.8. The Kier molecular flexibility index (Phi) is 6.80. The van der Waals surface area contributed by atoms with Gasteiger partial charge >= 0.3 is 0 Å². The summed E-state index contributed by atoms with van der Waals surface area (Å²) in [6, 6.07) is 0. The largest absolute Gasteiger partial charge is 0.393 e. The van der Waals surface area contributed by atoms with Crippen LogP contribution in [0.2, 0.25) is 0 Å². The van der Waals surface area contributed by atoms with Crippen molar-refractivity contribution in [1.29, 1.82) is 0 Å². The summed E-state index contributed by atoms with van der Waals surface area (Å²) < 4.78 is 0.